The molecule has 1 saturated heterocycles. The van der Waals surface area contributed by atoms with Crippen LogP contribution in [0, 0.1) is 0 Å². The fourth-order valence-electron chi connectivity index (χ4n) is 1.07. The van der Waals surface area contributed by atoms with E-state index in [0.717, 1.165) is 32.7 Å². The number of hydrogen-bond donors (Lipinski definition) is 1. The van der Waals surface area contributed by atoms with Crippen LogP contribution in [-0.4, -0.2) is 52.6 Å². The quantitative estimate of drug-likeness (QED) is 0.510. The second-order valence-corrected chi connectivity index (χ2v) is 2.87. The first-order chi connectivity index (χ1) is 5.43. The summed E-state index contributed by atoms with van der Waals surface area (Å²) in [6.45, 7) is 3.46. The van der Waals surface area contributed by atoms with Crippen molar-refractivity contribution in [1.29, 1.82) is 0 Å². The molecule has 1 unspecified atom stereocenters. The van der Waals surface area contributed by atoms with Crippen molar-refractivity contribution in [3.8, 4) is 0 Å². The van der Waals surface area contributed by atoms with Crippen LogP contribution in [0.1, 0.15) is 6.42 Å². The Balaban J connectivity index is 2.09. The Morgan fingerprint density at radius 2 is 2.64 bits per heavy atom. The third-order valence-electron chi connectivity index (χ3n) is 1.65. The van der Waals surface area contributed by atoms with Gasteiger partial charge >= 0.3 is 74.1 Å². The topological polar surface area (TPSA) is 33.6 Å². The van der Waals surface area contributed by atoms with Gasteiger partial charge in [-0.3, -0.25) is 0 Å². The van der Waals surface area contributed by atoms with Crippen LogP contribution in [0.2, 0.25) is 0 Å². The van der Waals surface area contributed by atoms with E-state index in [-0.39, 0.29) is 0 Å². The van der Waals surface area contributed by atoms with E-state index in [0.29, 0.717) is 6.04 Å². The van der Waals surface area contributed by atoms with E-state index >= 15 is 0 Å². The number of nitrogens with zero attached hydrogens (tertiary/aromatic N) is 1. The monoisotopic (exact) mass is 220 g/mol. The molecule has 0 aliphatic carbocycles. The number of nitrogens with one attached hydrogen (secondary N) is 1. The molecule has 11 heavy (non-hydrogen) atoms. The van der Waals surface area contributed by atoms with Crippen LogP contribution >= 0.6 is 0 Å². The summed E-state index contributed by atoms with van der Waals surface area (Å²) in [5, 5.41) is 3.36. The first-order valence-electron chi connectivity index (χ1n) is 3.78. The second kappa shape index (κ2) is 5.64. The third-order valence-corrected chi connectivity index (χ3v) is 1.92. The molecule has 1 rings (SSSR count). The standard InChI is InChI=1S/C7H12N2OSe/c11-6-8-2-1-7-5-10-4-3-9-7/h7,9H,1-5H2. The first-order valence-corrected chi connectivity index (χ1v) is 4.64. The van der Waals surface area contributed by atoms with Crippen molar-refractivity contribution in [2.45, 2.75) is 12.5 Å². The Kier molecular flexibility index (Phi) is 4.67. The Hall–Kier alpha value is 0.0195. The summed E-state index contributed by atoms with van der Waals surface area (Å²) in [5.74, 6) is 0. The van der Waals surface area contributed by atoms with Gasteiger partial charge in [-0.2, -0.15) is 0 Å². The van der Waals surface area contributed by atoms with Crippen molar-refractivity contribution in [3.05, 3.63) is 0 Å². The maximum absolute atomic E-state index is 5.28. The van der Waals surface area contributed by atoms with E-state index < -0.39 is 0 Å². The number of ether oxygens (including phenoxy) is 1. The molecule has 0 radical (unpaired) electrons. The van der Waals surface area contributed by atoms with E-state index in [1.54, 1.807) is 0 Å². The van der Waals surface area contributed by atoms with E-state index in [4.69, 9.17) is 4.74 Å². The molecule has 0 saturated carbocycles. The Bertz CT molecular complexity index is 151. The number of hydrogen-bond acceptors (Lipinski definition) is 3. The molecule has 1 fully saturated rings. The predicted octanol–water partition coefficient (Wildman–Crippen LogP) is -0.561. The molecule has 4 heteroatoms. The molecule has 1 N–H and O–H groups in total. The molecule has 1 atom stereocenters. The fraction of sp³-hybridized carbons (Fsp3) is 0.857. The van der Waals surface area contributed by atoms with Crippen molar-refractivity contribution in [1.82, 2.24) is 5.32 Å². The number of morpholine rings is 1. The molecule has 1 aliphatic rings. The predicted molar refractivity (Wildman–Crippen MR) is 45.3 cm³/mol. The maximum atomic E-state index is 5.28. The van der Waals surface area contributed by atoms with Gasteiger partial charge in [0.15, 0.2) is 0 Å². The van der Waals surface area contributed by atoms with E-state index in [1.165, 1.54) is 0 Å². The molecule has 0 aromatic carbocycles. The average molecular weight is 219 g/mol. The van der Waals surface area contributed by atoms with Crippen LogP contribution in [-0.2, 0) is 4.74 Å². The second-order valence-electron chi connectivity index (χ2n) is 2.49. The summed E-state index contributed by atoms with van der Waals surface area (Å²) in [6.07, 6.45) is 1.04. The summed E-state index contributed by atoms with van der Waals surface area (Å²) in [5.41, 5.74) is 0. The Morgan fingerprint density at radius 3 is 3.27 bits per heavy atom. The normalized spacial score (nSPS) is 24.2. The molecule has 0 bridgehead atoms. The van der Waals surface area contributed by atoms with Crippen LogP contribution in [0.4, 0.5) is 0 Å². The van der Waals surface area contributed by atoms with Gasteiger partial charge in [-0.25, -0.2) is 0 Å². The van der Waals surface area contributed by atoms with Gasteiger partial charge in [-0.15, -0.1) is 0 Å². The fourth-order valence-corrected chi connectivity index (χ4v) is 1.26. The van der Waals surface area contributed by atoms with Crippen molar-refractivity contribution in [2.75, 3.05) is 26.3 Å². The van der Waals surface area contributed by atoms with Gasteiger partial charge in [0.25, 0.3) is 0 Å². The van der Waals surface area contributed by atoms with Gasteiger partial charge in [-0.05, 0) is 0 Å². The molecule has 0 spiro atoms. The molecular formula is C7H12N2OSe. The van der Waals surface area contributed by atoms with Crippen LogP contribution < -0.4 is 5.32 Å². The van der Waals surface area contributed by atoms with Crippen LogP contribution in [0.25, 0.3) is 0 Å². The van der Waals surface area contributed by atoms with Crippen molar-refractivity contribution in [3.63, 3.8) is 0 Å². The summed E-state index contributed by atoms with van der Waals surface area (Å²) < 4.78 is 7.92. The minimum atomic E-state index is 0.487. The SMILES string of the molecule is [Se]=C=NCCC1COCCN1. The molecule has 0 aromatic heterocycles. The van der Waals surface area contributed by atoms with Crippen molar-refractivity contribution >= 4 is 20.3 Å². The molecule has 62 valence electrons. The average Bonchev–Trinajstić information content (AvgIpc) is 2.07. The number of aliphatic imine (C=N–C) groups is 1. The summed E-state index contributed by atoms with van der Waals surface area (Å²) in [4.78, 5) is 3.96. The zero-order valence-electron chi connectivity index (χ0n) is 6.38. The molecule has 0 aromatic rings. The van der Waals surface area contributed by atoms with Crippen LogP contribution in [0.5, 0.6) is 0 Å². The van der Waals surface area contributed by atoms with Crippen molar-refractivity contribution in [2.24, 2.45) is 4.99 Å². The van der Waals surface area contributed by atoms with Crippen LogP contribution in [0.15, 0.2) is 4.99 Å². The van der Waals surface area contributed by atoms with Crippen LogP contribution in [0.3, 0.4) is 0 Å². The Labute approximate surface area is 74.6 Å². The molecule has 1 heterocycles. The number of rotatable bonds is 3. The third kappa shape index (κ3) is 3.80. The van der Waals surface area contributed by atoms with Gasteiger partial charge in [0.2, 0.25) is 0 Å². The van der Waals surface area contributed by atoms with Gasteiger partial charge < -0.3 is 0 Å². The molecule has 1 aliphatic heterocycles. The van der Waals surface area contributed by atoms with Gasteiger partial charge in [0, 0.05) is 0 Å². The van der Waals surface area contributed by atoms with E-state index in [2.05, 4.69) is 30.6 Å². The minimum absolute atomic E-state index is 0.487. The van der Waals surface area contributed by atoms with E-state index in [1.807, 2.05) is 0 Å². The van der Waals surface area contributed by atoms with Gasteiger partial charge in [0.1, 0.15) is 0 Å². The molecule has 0 amide bonds. The zero-order chi connectivity index (χ0) is 7.94. The summed E-state index contributed by atoms with van der Waals surface area (Å²) in [6, 6.07) is 0.487. The Morgan fingerprint density at radius 1 is 1.73 bits per heavy atom. The molecular weight excluding hydrogens is 207 g/mol. The summed E-state index contributed by atoms with van der Waals surface area (Å²) >= 11 is 2.61. The van der Waals surface area contributed by atoms with Gasteiger partial charge in [0.05, 0.1) is 0 Å². The zero-order valence-corrected chi connectivity index (χ0v) is 8.09. The molecule has 3 nitrogen and oxygen atoms in total. The van der Waals surface area contributed by atoms with E-state index in [9.17, 15) is 0 Å². The first kappa shape index (κ1) is 9.11. The van der Waals surface area contributed by atoms with Crippen molar-refractivity contribution < 1.29 is 4.74 Å². The summed E-state index contributed by atoms with van der Waals surface area (Å²) in [7, 11) is 0. The van der Waals surface area contributed by atoms with Gasteiger partial charge in [-0.1, -0.05) is 0 Å².